The van der Waals surface area contributed by atoms with Gasteiger partial charge in [-0.2, -0.15) is 0 Å². The highest BCUT2D eigenvalue weighted by atomic mass is 16.5. The standard InChI is InChI=1S/C20H23N3O2/c1-25-19-7-4-5-17(15-19)8-9-20(24)23-13-11-22(12-14-23)16-18-6-2-3-10-21-18/h2-10,15H,11-14,16H2,1H3/b9-8+. The molecule has 0 aliphatic carbocycles. The summed E-state index contributed by atoms with van der Waals surface area (Å²) in [7, 11) is 1.64. The van der Waals surface area contributed by atoms with Crippen molar-refractivity contribution >= 4 is 12.0 Å². The molecule has 5 nitrogen and oxygen atoms in total. The number of carbonyl (C=O) groups excluding carboxylic acids is 1. The van der Waals surface area contributed by atoms with Crippen molar-refractivity contribution in [1.29, 1.82) is 0 Å². The number of rotatable bonds is 5. The number of hydrogen-bond donors (Lipinski definition) is 0. The van der Waals surface area contributed by atoms with Crippen LogP contribution in [0.25, 0.3) is 6.08 Å². The second kappa shape index (κ2) is 8.44. The third kappa shape index (κ3) is 4.90. The van der Waals surface area contributed by atoms with Crippen molar-refractivity contribution in [3.8, 4) is 5.75 Å². The number of aromatic nitrogens is 1. The van der Waals surface area contributed by atoms with Crippen molar-refractivity contribution in [2.75, 3.05) is 33.3 Å². The quantitative estimate of drug-likeness (QED) is 0.786. The molecule has 3 rings (SSSR count). The fourth-order valence-electron chi connectivity index (χ4n) is 2.87. The molecule has 2 heterocycles. The number of benzene rings is 1. The van der Waals surface area contributed by atoms with Crippen LogP contribution in [0.5, 0.6) is 5.75 Å². The van der Waals surface area contributed by atoms with Crippen molar-refractivity contribution in [1.82, 2.24) is 14.8 Å². The van der Waals surface area contributed by atoms with E-state index in [1.807, 2.05) is 59.6 Å². The Hall–Kier alpha value is -2.66. The smallest absolute Gasteiger partial charge is 0.246 e. The van der Waals surface area contributed by atoms with E-state index in [0.717, 1.165) is 49.7 Å². The molecule has 2 aromatic rings. The van der Waals surface area contributed by atoms with E-state index < -0.39 is 0 Å². The molecular weight excluding hydrogens is 314 g/mol. The zero-order valence-electron chi connectivity index (χ0n) is 14.5. The normalized spacial score (nSPS) is 15.5. The van der Waals surface area contributed by atoms with Crippen molar-refractivity contribution < 1.29 is 9.53 Å². The van der Waals surface area contributed by atoms with Crippen LogP contribution in [0.2, 0.25) is 0 Å². The molecule has 0 N–H and O–H groups in total. The Morgan fingerprint density at radius 3 is 2.72 bits per heavy atom. The van der Waals surface area contributed by atoms with Crippen LogP contribution in [-0.2, 0) is 11.3 Å². The van der Waals surface area contributed by atoms with E-state index in [9.17, 15) is 4.79 Å². The first-order valence-electron chi connectivity index (χ1n) is 8.48. The fraction of sp³-hybridized carbons (Fsp3) is 0.300. The van der Waals surface area contributed by atoms with E-state index in [1.165, 1.54) is 0 Å². The Bertz CT molecular complexity index is 723. The minimum absolute atomic E-state index is 0.0558. The fourth-order valence-corrected chi connectivity index (χ4v) is 2.87. The zero-order valence-corrected chi connectivity index (χ0v) is 14.5. The van der Waals surface area contributed by atoms with Crippen LogP contribution in [0.3, 0.4) is 0 Å². The lowest BCUT2D eigenvalue weighted by Gasteiger charge is -2.34. The van der Waals surface area contributed by atoms with Crippen LogP contribution in [-0.4, -0.2) is 54.0 Å². The average Bonchev–Trinajstić information content (AvgIpc) is 2.67. The summed E-state index contributed by atoms with van der Waals surface area (Å²) in [6, 6.07) is 13.6. The number of hydrogen-bond acceptors (Lipinski definition) is 4. The van der Waals surface area contributed by atoms with E-state index in [0.29, 0.717) is 0 Å². The van der Waals surface area contributed by atoms with Gasteiger partial charge in [0.2, 0.25) is 5.91 Å². The van der Waals surface area contributed by atoms with Gasteiger partial charge in [0.25, 0.3) is 0 Å². The first kappa shape index (κ1) is 17.2. The van der Waals surface area contributed by atoms with E-state index in [2.05, 4.69) is 9.88 Å². The summed E-state index contributed by atoms with van der Waals surface area (Å²) >= 11 is 0. The summed E-state index contributed by atoms with van der Waals surface area (Å²) in [6.45, 7) is 4.06. The van der Waals surface area contributed by atoms with Gasteiger partial charge in [0.1, 0.15) is 5.75 Å². The van der Waals surface area contributed by atoms with Gasteiger partial charge in [-0.1, -0.05) is 18.2 Å². The summed E-state index contributed by atoms with van der Waals surface area (Å²) < 4.78 is 5.20. The van der Waals surface area contributed by atoms with Crippen LogP contribution in [0.4, 0.5) is 0 Å². The van der Waals surface area contributed by atoms with Crippen molar-refractivity contribution in [2.24, 2.45) is 0 Å². The molecule has 1 aliphatic rings. The summed E-state index contributed by atoms with van der Waals surface area (Å²) in [5.74, 6) is 0.845. The van der Waals surface area contributed by atoms with Gasteiger partial charge in [-0.25, -0.2) is 0 Å². The van der Waals surface area contributed by atoms with Crippen LogP contribution in [0.15, 0.2) is 54.7 Å². The molecule has 1 aromatic carbocycles. The molecule has 0 saturated carbocycles. The maximum atomic E-state index is 12.4. The summed E-state index contributed by atoms with van der Waals surface area (Å²) in [4.78, 5) is 21.0. The lowest BCUT2D eigenvalue weighted by atomic mass is 10.2. The maximum Gasteiger partial charge on any atom is 0.246 e. The average molecular weight is 337 g/mol. The predicted octanol–water partition coefficient (Wildman–Crippen LogP) is 2.45. The van der Waals surface area contributed by atoms with Gasteiger partial charge in [-0.15, -0.1) is 0 Å². The second-order valence-corrected chi connectivity index (χ2v) is 6.03. The van der Waals surface area contributed by atoms with Crippen molar-refractivity contribution in [3.05, 3.63) is 66.0 Å². The molecule has 1 aromatic heterocycles. The van der Waals surface area contributed by atoms with Crippen LogP contribution >= 0.6 is 0 Å². The molecule has 0 spiro atoms. The Kier molecular flexibility index (Phi) is 5.80. The van der Waals surface area contributed by atoms with Gasteiger partial charge in [0.05, 0.1) is 12.8 Å². The number of pyridine rings is 1. The van der Waals surface area contributed by atoms with Crippen LogP contribution in [0.1, 0.15) is 11.3 Å². The van der Waals surface area contributed by atoms with Gasteiger partial charge in [0.15, 0.2) is 0 Å². The van der Waals surface area contributed by atoms with Gasteiger partial charge in [-0.3, -0.25) is 14.7 Å². The molecule has 1 fully saturated rings. The molecule has 130 valence electrons. The Balaban J connectivity index is 1.50. The highest BCUT2D eigenvalue weighted by molar-refractivity contribution is 5.91. The number of amides is 1. The van der Waals surface area contributed by atoms with E-state index in [1.54, 1.807) is 13.2 Å². The monoisotopic (exact) mass is 337 g/mol. The SMILES string of the molecule is COc1cccc(/C=C/C(=O)N2CCN(Cc3ccccn3)CC2)c1. The third-order valence-corrected chi connectivity index (χ3v) is 4.31. The lowest BCUT2D eigenvalue weighted by molar-refractivity contribution is -0.127. The number of methoxy groups -OCH3 is 1. The Morgan fingerprint density at radius 1 is 1.16 bits per heavy atom. The molecule has 0 unspecified atom stereocenters. The Morgan fingerprint density at radius 2 is 2.00 bits per heavy atom. The van der Waals surface area contributed by atoms with Crippen molar-refractivity contribution in [3.63, 3.8) is 0 Å². The molecule has 0 radical (unpaired) electrons. The van der Waals surface area contributed by atoms with Crippen LogP contribution < -0.4 is 4.74 Å². The summed E-state index contributed by atoms with van der Waals surface area (Å²) in [5.41, 5.74) is 2.03. The summed E-state index contributed by atoms with van der Waals surface area (Å²) in [5, 5.41) is 0. The van der Waals surface area contributed by atoms with Gasteiger partial charge in [0, 0.05) is 45.0 Å². The van der Waals surface area contributed by atoms with Gasteiger partial charge < -0.3 is 9.64 Å². The molecule has 25 heavy (non-hydrogen) atoms. The highest BCUT2D eigenvalue weighted by Gasteiger charge is 2.19. The highest BCUT2D eigenvalue weighted by Crippen LogP contribution is 2.14. The van der Waals surface area contributed by atoms with Crippen molar-refractivity contribution in [2.45, 2.75) is 6.54 Å². The minimum Gasteiger partial charge on any atom is -0.497 e. The molecule has 5 heteroatoms. The molecule has 1 saturated heterocycles. The van der Waals surface area contributed by atoms with Gasteiger partial charge in [-0.05, 0) is 35.9 Å². The first-order chi connectivity index (χ1) is 12.2. The van der Waals surface area contributed by atoms with E-state index in [4.69, 9.17) is 4.74 Å². The molecule has 0 bridgehead atoms. The minimum atomic E-state index is 0.0558. The predicted molar refractivity (Wildman–Crippen MR) is 98.1 cm³/mol. The summed E-state index contributed by atoms with van der Waals surface area (Å²) in [6.07, 6.45) is 5.30. The molecule has 1 aliphatic heterocycles. The first-order valence-corrected chi connectivity index (χ1v) is 8.48. The number of carbonyl (C=O) groups is 1. The van der Waals surface area contributed by atoms with Crippen LogP contribution in [0, 0.1) is 0 Å². The Labute approximate surface area is 148 Å². The molecule has 1 amide bonds. The maximum absolute atomic E-state index is 12.4. The second-order valence-electron chi connectivity index (χ2n) is 6.03. The number of ether oxygens (including phenoxy) is 1. The van der Waals surface area contributed by atoms with E-state index in [-0.39, 0.29) is 5.91 Å². The topological polar surface area (TPSA) is 45.7 Å². The van der Waals surface area contributed by atoms with E-state index >= 15 is 0 Å². The lowest BCUT2D eigenvalue weighted by Crippen LogP contribution is -2.47. The molecular formula is C20H23N3O2. The largest absolute Gasteiger partial charge is 0.497 e. The third-order valence-electron chi connectivity index (χ3n) is 4.31. The number of piperazine rings is 1. The van der Waals surface area contributed by atoms with Gasteiger partial charge >= 0.3 is 0 Å². The number of nitrogens with zero attached hydrogens (tertiary/aromatic N) is 3. The zero-order chi connectivity index (χ0) is 17.5. The molecule has 0 atom stereocenters.